The minimum Gasteiger partial charge on any atom is -0.508 e. The Morgan fingerprint density at radius 1 is 1.32 bits per heavy atom. The molecule has 0 fully saturated rings. The minimum absolute atomic E-state index is 0.0550. The number of rotatable bonds is 6. The number of aryl methyl sites for hydroxylation is 1. The summed E-state index contributed by atoms with van der Waals surface area (Å²) in [4.78, 5) is 12.0. The number of carbonyl (C=O) groups is 1. The van der Waals surface area contributed by atoms with Crippen LogP contribution in [0.2, 0.25) is 0 Å². The summed E-state index contributed by atoms with van der Waals surface area (Å²) in [5.74, 6) is -0.109. The van der Waals surface area contributed by atoms with Gasteiger partial charge in [0.25, 0.3) is 5.91 Å². The molecular formula is C15H23NO3. The lowest BCUT2D eigenvalue weighted by Crippen LogP contribution is -2.39. The summed E-state index contributed by atoms with van der Waals surface area (Å²) in [5.41, 5.74) is 0.910. The zero-order valence-corrected chi connectivity index (χ0v) is 11.9. The van der Waals surface area contributed by atoms with Crippen LogP contribution in [-0.2, 0) is 0 Å². The van der Waals surface area contributed by atoms with E-state index in [1.165, 1.54) is 6.07 Å². The lowest BCUT2D eigenvalue weighted by molar-refractivity contribution is 0.0850. The molecule has 19 heavy (non-hydrogen) atoms. The van der Waals surface area contributed by atoms with Gasteiger partial charge in [-0.25, -0.2) is 0 Å². The van der Waals surface area contributed by atoms with Crippen molar-refractivity contribution in [3.63, 3.8) is 0 Å². The molecule has 0 atom stereocenters. The van der Waals surface area contributed by atoms with E-state index < -0.39 is 0 Å². The monoisotopic (exact) mass is 265 g/mol. The number of aromatic hydroxyl groups is 1. The summed E-state index contributed by atoms with van der Waals surface area (Å²) < 4.78 is 0. The number of phenols is 1. The second kappa shape index (κ2) is 6.57. The molecule has 0 spiro atoms. The van der Waals surface area contributed by atoms with Gasteiger partial charge in [-0.2, -0.15) is 0 Å². The third kappa shape index (κ3) is 3.70. The van der Waals surface area contributed by atoms with Crippen LogP contribution in [-0.4, -0.2) is 29.3 Å². The SMILES string of the molecule is CCC(CC)(CO)CNC(=O)c1ccc(C)c(O)c1. The van der Waals surface area contributed by atoms with E-state index in [2.05, 4.69) is 5.32 Å². The average Bonchev–Trinajstić information content (AvgIpc) is 2.43. The number of hydrogen-bond donors (Lipinski definition) is 3. The fourth-order valence-electron chi connectivity index (χ4n) is 1.90. The van der Waals surface area contributed by atoms with E-state index in [1.54, 1.807) is 19.1 Å². The normalized spacial score (nSPS) is 11.4. The van der Waals surface area contributed by atoms with Crippen LogP contribution < -0.4 is 5.32 Å². The van der Waals surface area contributed by atoms with Crippen molar-refractivity contribution in [3.05, 3.63) is 29.3 Å². The lowest BCUT2D eigenvalue weighted by Gasteiger charge is -2.29. The number of benzene rings is 1. The van der Waals surface area contributed by atoms with Gasteiger partial charge in [0.15, 0.2) is 0 Å². The van der Waals surface area contributed by atoms with Gasteiger partial charge >= 0.3 is 0 Å². The van der Waals surface area contributed by atoms with Gasteiger partial charge < -0.3 is 15.5 Å². The molecule has 0 heterocycles. The Labute approximate surface area is 114 Å². The summed E-state index contributed by atoms with van der Waals surface area (Å²) in [6.45, 7) is 6.28. The molecule has 106 valence electrons. The molecule has 0 aliphatic carbocycles. The average molecular weight is 265 g/mol. The molecule has 3 N–H and O–H groups in total. The number of amides is 1. The molecule has 0 aromatic heterocycles. The summed E-state index contributed by atoms with van der Waals surface area (Å²) >= 11 is 0. The van der Waals surface area contributed by atoms with Crippen LogP contribution in [0.25, 0.3) is 0 Å². The number of carbonyl (C=O) groups excluding carboxylic acids is 1. The summed E-state index contributed by atoms with van der Waals surface area (Å²) in [6, 6.07) is 4.86. The highest BCUT2D eigenvalue weighted by atomic mass is 16.3. The fraction of sp³-hybridized carbons (Fsp3) is 0.533. The standard InChI is InChI=1S/C15H23NO3/c1-4-15(5-2,10-17)9-16-14(19)12-7-6-11(3)13(18)8-12/h6-8,17-18H,4-5,9-10H2,1-3H3,(H,16,19). The summed E-state index contributed by atoms with van der Waals surface area (Å²) in [5, 5.41) is 21.9. The van der Waals surface area contributed by atoms with Crippen molar-refractivity contribution in [1.29, 1.82) is 0 Å². The molecule has 1 aromatic carbocycles. The molecule has 4 nitrogen and oxygen atoms in total. The van der Waals surface area contributed by atoms with Gasteiger partial charge in [0.2, 0.25) is 0 Å². The van der Waals surface area contributed by atoms with Crippen molar-refractivity contribution in [1.82, 2.24) is 5.32 Å². The highest BCUT2D eigenvalue weighted by Crippen LogP contribution is 2.24. The molecule has 1 amide bonds. The second-order valence-corrected chi connectivity index (χ2v) is 5.05. The summed E-state index contributed by atoms with van der Waals surface area (Å²) in [7, 11) is 0. The van der Waals surface area contributed by atoms with E-state index in [0.717, 1.165) is 18.4 Å². The fourth-order valence-corrected chi connectivity index (χ4v) is 1.90. The van der Waals surface area contributed by atoms with E-state index in [-0.39, 0.29) is 23.7 Å². The Kier molecular flexibility index (Phi) is 5.36. The highest BCUT2D eigenvalue weighted by Gasteiger charge is 2.26. The van der Waals surface area contributed by atoms with E-state index in [0.29, 0.717) is 12.1 Å². The van der Waals surface area contributed by atoms with E-state index in [1.807, 2.05) is 13.8 Å². The molecule has 0 saturated heterocycles. The molecule has 0 unspecified atom stereocenters. The van der Waals surface area contributed by atoms with Crippen LogP contribution in [0.15, 0.2) is 18.2 Å². The number of phenolic OH excluding ortho intramolecular Hbond substituents is 1. The maximum absolute atomic E-state index is 12.0. The van der Waals surface area contributed by atoms with Gasteiger partial charge in [-0.15, -0.1) is 0 Å². The van der Waals surface area contributed by atoms with Gasteiger partial charge in [-0.05, 0) is 37.5 Å². The predicted molar refractivity (Wildman–Crippen MR) is 75.3 cm³/mol. The second-order valence-electron chi connectivity index (χ2n) is 5.05. The molecule has 0 saturated carbocycles. The van der Waals surface area contributed by atoms with E-state index in [9.17, 15) is 15.0 Å². The van der Waals surface area contributed by atoms with Crippen molar-refractivity contribution >= 4 is 5.91 Å². The number of aliphatic hydroxyl groups excluding tert-OH is 1. The van der Waals surface area contributed by atoms with E-state index in [4.69, 9.17) is 0 Å². The first kappa shape index (κ1) is 15.5. The van der Waals surface area contributed by atoms with Gasteiger partial charge in [-0.3, -0.25) is 4.79 Å². The molecule has 0 aliphatic rings. The molecular weight excluding hydrogens is 242 g/mol. The number of aliphatic hydroxyl groups is 1. The molecule has 1 aromatic rings. The maximum atomic E-state index is 12.0. The van der Waals surface area contributed by atoms with Crippen molar-refractivity contribution in [2.24, 2.45) is 5.41 Å². The maximum Gasteiger partial charge on any atom is 0.251 e. The molecule has 4 heteroatoms. The zero-order chi connectivity index (χ0) is 14.5. The van der Waals surface area contributed by atoms with Crippen LogP contribution in [0.3, 0.4) is 0 Å². The van der Waals surface area contributed by atoms with Crippen molar-refractivity contribution in [2.75, 3.05) is 13.2 Å². The Hall–Kier alpha value is -1.55. The number of hydrogen-bond acceptors (Lipinski definition) is 3. The minimum atomic E-state index is -0.262. The Balaban J connectivity index is 2.72. The lowest BCUT2D eigenvalue weighted by atomic mass is 9.83. The molecule has 0 bridgehead atoms. The van der Waals surface area contributed by atoms with Gasteiger partial charge in [0.05, 0.1) is 6.61 Å². The van der Waals surface area contributed by atoms with Crippen LogP contribution >= 0.6 is 0 Å². The topological polar surface area (TPSA) is 69.6 Å². The Bertz CT molecular complexity index is 431. The van der Waals surface area contributed by atoms with E-state index >= 15 is 0 Å². The van der Waals surface area contributed by atoms with Gasteiger partial charge in [0, 0.05) is 17.5 Å². The largest absolute Gasteiger partial charge is 0.508 e. The van der Waals surface area contributed by atoms with Crippen molar-refractivity contribution in [3.8, 4) is 5.75 Å². The van der Waals surface area contributed by atoms with Crippen LogP contribution in [0, 0.1) is 12.3 Å². The molecule has 0 aliphatic heterocycles. The zero-order valence-electron chi connectivity index (χ0n) is 11.9. The first-order valence-corrected chi connectivity index (χ1v) is 6.66. The smallest absolute Gasteiger partial charge is 0.251 e. The summed E-state index contributed by atoms with van der Waals surface area (Å²) in [6.07, 6.45) is 1.61. The first-order valence-electron chi connectivity index (χ1n) is 6.66. The third-order valence-electron chi connectivity index (χ3n) is 3.93. The van der Waals surface area contributed by atoms with Gasteiger partial charge in [-0.1, -0.05) is 19.9 Å². The van der Waals surface area contributed by atoms with Crippen LogP contribution in [0.5, 0.6) is 5.75 Å². The Morgan fingerprint density at radius 2 is 1.95 bits per heavy atom. The van der Waals surface area contributed by atoms with Crippen LogP contribution in [0.4, 0.5) is 0 Å². The third-order valence-corrected chi connectivity index (χ3v) is 3.93. The molecule has 1 rings (SSSR count). The van der Waals surface area contributed by atoms with Crippen molar-refractivity contribution < 1.29 is 15.0 Å². The first-order chi connectivity index (χ1) is 8.98. The highest BCUT2D eigenvalue weighted by molar-refractivity contribution is 5.94. The molecule has 0 radical (unpaired) electrons. The predicted octanol–water partition coefficient (Wildman–Crippen LogP) is 2.23. The number of nitrogens with one attached hydrogen (secondary N) is 1. The quantitative estimate of drug-likeness (QED) is 0.738. The Morgan fingerprint density at radius 3 is 2.42 bits per heavy atom. The van der Waals surface area contributed by atoms with Crippen molar-refractivity contribution in [2.45, 2.75) is 33.6 Å². The van der Waals surface area contributed by atoms with Crippen LogP contribution in [0.1, 0.15) is 42.6 Å². The van der Waals surface area contributed by atoms with Gasteiger partial charge in [0.1, 0.15) is 5.75 Å².